The molecule has 0 spiro atoms. The van der Waals surface area contributed by atoms with Gasteiger partial charge in [0.15, 0.2) is 12.2 Å². The second kappa shape index (κ2) is 8.36. The van der Waals surface area contributed by atoms with Gasteiger partial charge in [-0.2, -0.15) is 0 Å². The summed E-state index contributed by atoms with van der Waals surface area (Å²) in [4.78, 5) is 16.6. The molecule has 0 aliphatic heterocycles. The number of carbonyl (C=O) groups excluding carboxylic acids is 1. The summed E-state index contributed by atoms with van der Waals surface area (Å²) in [6.07, 6.45) is 3.55. The lowest BCUT2D eigenvalue weighted by molar-refractivity contribution is -0.686. The maximum Gasteiger partial charge on any atom is 0.287 e. The van der Waals surface area contributed by atoms with Gasteiger partial charge in [0.1, 0.15) is 5.75 Å². The van der Waals surface area contributed by atoms with E-state index in [-0.39, 0.29) is 29.3 Å². The van der Waals surface area contributed by atoms with Crippen LogP contribution in [0.3, 0.4) is 0 Å². The lowest BCUT2D eigenvalue weighted by Gasteiger charge is -2.02. The molecule has 0 saturated heterocycles. The van der Waals surface area contributed by atoms with Crippen LogP contribution in [0.1, 0.15) is 10.4 Å². The van der Waals surface area contributed by atoms with Gasteiger partial charge < -0.3 is 21.7 Å². The number of methoxy groups -OCH3 is 1. The van der Waals surface area contributed by atoms with E-state index in [0.29, 0.717) is 5.56 Å². The Kier molecular flexibility index (Phi) is 6.21. The second-order valence-corrected chi connectivity index (χ2v) is 5.14. The van der Waals surface area contributed by atoms with Gasteiger partial charge >= 0.3 is 0 Å². The normalized spacial score (nSPS) is 9.88. The fourth-order valence-electron chi connectivity index (χ4n) is 2.29. The summed E-state index contributed by atoms with van der Waals surface area (Å²) in [6, 6.07) is 18.9. The van der Waals surface area contributed by atoms with E-state index in [1.807, 2.05) is 66.9 Å². The molecular weight excluding hydrogens is 368 g/mol. The topological polar surface area (TPSA) is 43.1 Å². The minimum Gasteiger partial charge on any atom is -1.00 e. The van der Waals surface area contributed by atoms with Crippen LogP contribution >= 0.6 is 0 Å². The van der Waals surface area contributed by atoms with Gasteiger partial charge in [-0.05, 0) is 29.2 Å². The minimum atomic E-state index is 0. The van der Waals surface area contributed by atoms with E-state index in [4.69, 9.17) is 4.74 Å². The third kappa shape index (κ3) is 4.26. The molecule has 0 fully saturated rings. The Morgan fingerprint density at radius 2 is 1.75 bits per heavy atom. The van der Waals surface area contributed by atoms with Gasteiger partial charge in [0.05, 0.1) is 13.3 Å². The number of carbonyl (C=O) groups is 1. The number of halogens is 1. The average molecular weight is 385 g/mol. The van der Waals surface area contributed by atoms with Gasteiger partial charge in [-0.15, -0.1) is 0 Å². The van der Waals surface area contributed by atoms with Crippen molar-refractivity contribution in [3.63, 3.8) is 0 Å². The Hall–Kier alpha value is -2.53. The van der Waals surface area contributed by atoms with Crippen molar-refractivity contribution in [2.24, 2.45) is 0 Å². The first-order valence-electron chi connectivity index (χ1n) is 7.34. The zero-order chi connectivity index (χ0) is 16.1. The first-order valence-corrected chi connectivity index (χ1v) is 7.34. The van der Waals surface area contributed by atoms with E-state index < -0.39 is 0 Å². The maximum absolute atomic E-state index is 12.2. The van der Waals surface area contributed by atoms with Gasteiger partial charge in [-0.1, -0.05) is 30.3 Å². The molecule has 5 heteroatoms. The molecule has 4 nitrogen and oxygen atoms in total. The number of hydrogen-bond acceptors (Lipinski definition) is 3. The number of benzene rings is 2. The van der Waals surface area contributed by atoms with Gasteiger partial charge in [0.25, 0.3) is 6.33 Å². The van der Waals surface area contributed by atoms with E-state index in [9.17, 15) is 4.79 Å². The van der Waals surface area contributed by atoms with Gasteiger partial charge in [-0.3, -0.25) is 4.79 Å². The number of rotatable bonds is 5. The summed E-state index contributed by atoms with van der Waals surface area (Å²) in [5.41, 5.74) is 2.57. The molecule has 2 aromatic carbocycles. The fourth-order valence-corrected chi connectivity index (χ4v) is 2.29. The smallest absolute Gasteiger partial charge is 0.287 e. The largest absolute Gasteiger partial charge is 1.00 e. The van der Waals surface area contributed by atoms with Gasteiger partial charge in [0.2, 0.25) is 5.78 Å². The van der Waals surface area contributed by atoms with Crippen molar-refractivity contribution in [1.82, 2.24) is 4.98 Å². The Labute approximate surface area is 151 Å². The fraction of sp³-hybridized carbons (Fsp3) is 0.105. The van der Waals surface area contributed by atoms with Gasteiger partial charge in [0, 0.05) is 17.2 Å². The highest BCUT2D eigenvalue weighted by molar-refractivity contribution is 5.94. The van der Waals surface area contributed by atoms with E-state index >= 15 is 0 Å². The number of ketones is 1. The number of Topliss-reactive ketones (excluding diaryl/α,β-unsaturated/α-hetero) is 1. The number of ether oxygens (including phenoxy) is 1. The summed E-state index contributed by atoms with van der Waals surface area (Å²) in [6.45, 7) is 0.278. The molecule has 0 unspecified atom stereocenters. The third-order valence-corrected chi connectivity index (χ3v) is 3.58. The summed E-state index contributed by atoms with van der Waals surface area (Å²) in [5, 5.41) is 0. The molecule has 3 rings (SSSR count). The predicted molar refractivity (Wildman–Crippen MR) is 87.2 cm³/mol. The minimum absolute atomic E-state index is 0. The standard InChI is InChI=1S/C19H17N2O2.BrH/c1-23-17-9-7-15(8-10-17)18-11-12-21(14-20-18)13-19(22)16-5-3-2-4-6-16;/h2-12,14H,13H2,1H3;1H/q+1;/p-1. The van der Waals surface area contributed by atoms with Crippen molar-refractivity contribution in [2.75, 3.05) is 7.11 Å². The van der Waals surface area contributed by atoms with Crippen molar-refractivity contribution >= 4 is 5.78 Å². The Morgan fingerprint density at radius 3 is 2.33 bits per heavy atom. The van der Waals surface area contributed by atoms with Crippen molar-refractivity contribution in [3.05, 3.63) is 78.8 Å². The quantitative estimate of drug-likeness (QED) is 0.456. The highest BCUT2D eigenvalue weighted by Crippen LogP contribution is 2.19. The predicted octanol–water partition coefficient (Wildman–Crippen LogP) is -0.0684. The molecule has 0 amide bonds. The Balaban J connectivity index is 0.00000208. The molecule has 0 radical (unpaired) electrons. The van der Waals surface area contributed by atoms with Crippen LogP contribution in [0.15, 0.2) is 73.2 Å². The number of hydrogen-bond donors (Lipinski definition) is 0. The molecule has 3 aromatic rings. The lowest BCUT2D eigenvalue weighted by atomic mass is 10.1. The summed E-state index contributed by atoms with van der Waals surface area (Å²) in [7, 11) is 1.64. The molecule has 122 valence electrons. The Bertz CT molecular complexity index is 788. The summed E-state index contributed by atoms with van der Waals surface area (Å²) >= 11 is 0. The van der Waals surface area contributed by atoms with Gasteiger partial charge in [-0.25, -0.2) is 4.57 Å². The molecule has 0 bridgehead atoms. The highest BCUT2D eigenvalue weighted by Gasteiger charge is 2.11. The molecule has 0 saturated carbocycles. The lowest BCUT2D eigenvalue weighted by Crippen LogP contribution is -3.00. The molecular formula is C19H17BrN2O2. The van der Waals surface area contributed by atoms with Crippen molar-refractivity contribution in [1.29, 1.82) is 0 Å². The van der Waals surface area contributed by atoms with Crippen LogP contribution in [0.4, 0.5) is 0 Å². The molecule has 1 heterocycles. The van der Waals surface area contributed by atoms with Crippen LogP contribution in [-0.4, -0.2) is 17.9 Å². The molecule has 0 atom stereocenters. The van der Waals surface area contributed by atoms with Crippen LogP contribution in [-0.2, 0) is 6.54 Å². The molecule has 0 aliphatic rings. The second-order valence-electron chi connectivity index (χ2n) is 5.14. The summed E-state index contributed by atoms with van der Waals surface area (Å²) in [5.74, 6) is 0.878. The third-order valence-electron chi connectivity index (χ3n) is 3.58. The van der Waals surface area contributed by atoms with Crippen molar-refractivity contribution in [2.45, 2.75) is 6.54 Å². The first-order chi connectivity index (χ1) is 11.3. The van der Waals surface area contributed by atoms with Crippen molar-refractivity contribution in [3.8, 4) is 17.0 Å². The zero-order valence-electron chi connectivity index (χ0n) is 13.2. The SMILES string of the molecule is COc1ccc(-c2cc[n+](CC(=O)c3ccccc3)cn2)cc1.[Br-]. The molecule has 24 heavy (non-hydrogen) atoms. The van der Waals surface area contributed by atoms with Crippen LogP contribution in [0.5, 0.6) is 5.75 Å². The highest BCUT2D eigenvalue weighted by atomic mass is 79.9. The first kappa shape index (κ1) is 17.8. The van der Waals surface area contributed by atoms with Crippen molar-refractivity contribution < 1.29 is 31.1 Å². The summed E-state index contributed by atoms with van der Waals surface area (Å²) < 4.78 is 6.93. The van der Waals surface area contributed by atoms with E-state index in [2.05, 4.69) is 4.98 Å². The van der Waals surface area contributed by atoms with Crippen LogP contribution in [0, 0.1) is 0 Å². The molecule has 0 aliphatic carbocycles. The zero-order valence-corrected chi connectivity index (χ0v) is 14.8. The monoisotopic (exact) mass is 384 g/mol. The van der Waals surface area contributed by atoms with Crippen LogP contribution < -0.4 is 26.3 Å². The molecule has 1 aromatic heterocycles. The number of aromatic nitrogens is 2. The van der Waals surface area contributed by atoms with E-state index in [0.717, 1.165) is 17.0 Å². The maximum atomic E-state index is 12.2. The number of nitrogens with zero attached hydrogens (tertiary/aromatic N) is 2. The van der Waals surface area contributed by atoms with Crippen LogP contribution in [0.25, 0.3) is 11.3 Å². The average Bonchev–Trinajstić information content (AvgIpc) is 2.63. The Morgan fingerprint density at radius 1 is 1.04 bits per heavy atom. The van der Waals surface area contributed by atoms with E-state index in [1.54, 1.807) is 18.0 Å². The van der Waals surface area contributed by atoms with Crippen LogP contribution in [0.2, 0.25) is 0 Å². The van der Waals surface area contributed by atoms with E-state index in [1.165, 1.54) is 0 Å². The molecule has 0 N–H and O–H groups in total.